The summed E-state index contributed by atoms with van der Waals surface area (Å²) in [4.78, 5) is 13.6. The molecule has 0 aliphatic carbocycles. The average Bonchev–Trinajstić information content (AvgIpc) is 2.68. The lowest BCUT2D eigenvalue weighted by atomic mass is 10.1. The number of allylic oxidation sites excluding steroid dienone is 2. The Kier molecular flexibility index (Phi) is 6.34. The van der Waals surface area contributed by atoms with Crippen molar-refractivity contribution < 1.29 is 9.13 Å². The highest BCUT2D eigenvalue weighted by molar-refractivity contribution is 5.93. The second kappa shape index (κ2) is 9.10. The van der Waals surface area contributed by atoms with E-state index in [1.165, 1.54) is 6.92 Å². The molecule has 0 amide bonds. The van der Waals surface area contributed by atoms with Crippen LogP contribution in [0.2, 0.25) is 0 Å². The Morgan fingerprint density at radius 3 is 2.79 bits per heavy atom. The minimum Gasteiger partial charge on any atom is -0.461 e. The Morgan fingerprint density at radius 1 is 1.24 bits per heavy atom. The van der Waals surface area contributed by atoms with Crippen LogP contribution >= 0.6 is 0 Å². The number of nitrogens with one attached hydrogen (secondary N) is 1. The van der Waals surface area contributed by atoms with E-state index in [-0.39, 0.29) is 0 Å². The van der Waals surface area contributed by atoms with Crippen molar-refractivity contribution in [1.29, 1.82) is 0 Å². The molecule has 3 aromatic rings. The molecule has 2 aromatic carbocycles. The molecule has 1 N–H and O–H groups in total. The van der Waals surface area contributed by atoms with Crippen molar-refractivity contribution in [2.75, 3.05) is 5.32 Å². The Bertz CT molecular complexity index is 1090. The SMILES string of the molecule is C=C/C=N\C=C(/C)c1nc(Nc2cccc(OC(C)F)c2)c2cccc(C)c2n1. The van der Waals surface area contributed by atoms with Crippen LogP contribution in [0.5, 0.6) is 5.75 Å². The third-order valence-electron chi connectivity index (χ3n) is 4.14. The van der Waals surface area contributed by atoms with Crippen LogP contribution in [0.4, 0.5) is 15.9 Å². The van der Waals surface area contributed by atoms with Gasteiger partial charge in [-0.1, -0.05) is 30.9 Å². The molecule has 1 atom stereocenters. The summed E-state index contributed by atoms with van der Waals surface area (Å²) in [6, 6.07) is 13.0. The van der Waals surface area contributed by atoms with E-state index in [1.54, 1.807) is 36.7 Å². The van der Waals surface area contributed by atoms with Crippen molar-refractivity contribution in [3.05, 3.63) is 72.7 Å². The summed E-state index contributed by atoms with van der Waals surface area (Å²) >= 11 is 0. The smallest absolute Gasteiger partial charge is 0.235 e. The second-order valence-electron chi connectivity index (χ2n) is 6.53. The highest BCUT2D eigenvalue weighted by Gasteiger charge is 2.12. The molecule has 6 heteroatoms. The molecular formula is C23H23FN4O. The van der Waals surface area contributed by atoms with Gasteiger partial charge in [0.15, 0.2) is 5.82 Å². The molecule has 29 heavy (non-hydrogen) atoms. The van der Waals surface area contributed by atoms with Crippen molar-refractivity contribution >= 4 is 34.2 Å². The molecule has 0 spiro atoms. The largest absolute Gasteiger partial charge is 0.461 e. The second-order valence-corrected chi connectivity index (χ2v) is 6.53. The van der Waals surface area contributed by atoms with Crippen LogP contribution in [0.3, 0.4) is 0 Å². The molecule has 148 valence electrons. The number of nitrogens with zero attached hydrogens (tertiary/aromatic N) is 3. The molecule has 0 bridgehead atoms. The molecule has 3 rings (SSSR count). The third kappa shape index (κ3) is 5.04. The fourth-order valence-corrected chi connectivity index (χ4v) is 2.81. The van der Waals surface area contributed by atoms with Gasteiger partial charge in [-0.3, -0.25) is 4.99 Å². The zero-order valence-electron chi connectivity index (χ0n) is 16.7. The van der Waals surface area contributed by atoms with Gasteiger partial charge in [0, 0.05) is 42.1 Å². The van der Waals surface area contributed by atoms with Crippen molar-refractivity contribution in [2.24, 2.45) is 4.99 Å². The number of aryl methyl sites for hydroxylation is 1. The first kappa shape index (κ1) is 20.2. The number of hydrogen-bond acceptors (Lipinski definition) is 5. The van der Waals surface area contributed by atoms with Crippen LogP contribution < -0.4 is 10.1 Å². The van der Waals surface area contributed by atoms with Crippen LogP contribution in [0.15, 0.2) is 66.3 Å². The van der Waals surface area contributed by atoms with Crippen LogP contribution in [-0.2, 0) is 0 Å². The van der Waals surface area contributed by atoms with Gasteiger partial charge in [-0.15, -0.1) is 0 Å². The first-order chi connectivity index (χ1) is 14.0. The quantitative estimate of drug-likeness (QED) is 0.503. The number of para-hydroxylation sites is 1. The van der Waals surface area contributed by atoms with E-state index in [0.717, 1.165) is 27.7 Å². The van der Waals surface area contributed by atoms with E-state index in [1.807, 2.05) is 38.1 Å². The van der Waals surface area contributed by atoms with Gasteiger partial charge in [0.25, 0.3) is 0 Å². The first-order valence-electron chi connectivity index (χ1n) is 9.24. The number of benzene rings is 2. The van der Waals surface area contributed by atoms with Crippen molar-refractivity contribution in [1.82, 2.24) is 9.97 Å². The maximum Gasteiger partial charge on any atom is 0.235 e. The zero-order valence-corrected chi connectivity index (χ0v) is 16.7. The van der Waals surface area contributed by atoms with Gasteiger partial charge < -0.3 is 10.1 Å². The Balaban J connectivity index is 2.06. The summed E-state index contributed by atoms with van der Waals surface area (Å²) in [7, 11) is 0. The van der Waals surface area contributed by atoms with Crippen LogP contribution in [0.25, 0.3) is 16.5 Å². The number of fused-ring (bicyclic) bond motifs is 1. The molecular weight excluding hydrogens is 367 g/mol. The van der Waals surface area contributed by atoms with E-state index in [2.05, 4.69) is 16.9 Å². The summed E-state index contributed by atoms with van der Waals surface area (Å²) < 4.78 is 18.3. The maximum atomic E-state index is 13.2. The van der Waals surface area contributed by atoms with E-state index in [9.17, 15) is 4.39 Å². The summed E-state index contributed by atoms with van der Waals surface area (Å²) in [5.41, 5.74) is 3.45. The number of ether oxygens (including phenoxy) is 1. The van der Waals surface area contributed by atoms with Gasteiger partial charge in [0.2, 0.25) is 6.36 Å². The van der Waals surface area contributed by atoms with Crippen LogP contribution in [0.1, 0.15) is 25.2 Å². The predicted octanol–water partition coefficient (Wildman–Crippen LogP) is 5.99. The highest BCUT2D eigenvalue weighted by Crippen LogP contribution is 2.29. The van der Waals surface area contributed by atoms with Crippen LogP contribution in [0, 0.1) is 6.92 Å². The lowest BCUT2D eigenvalue weighted by Gasteiger charge is -2.13. The fraction of sp³-hybridized carbons (Fsp3) is 0.174. The van der Waals surface area contributed by atoms with Gasteiger partial charge in [-0.2, -0.15) is 0 Å². The first-order valence-corrected chi connectivity index (χ1v) is 9.24. The number of anilines is 2. The van der Waals surface area contributed by atoms with E-state index >= 15 is 0 Å². The van der Waals surface area contributed by atoms with Gasteiger partial charge in [0.05, 0.1) is 5.52 Å². The Labute approximate surface area is 169 Å². The molecule has 0 aliphatic heterocycles. The lowest BCUT2D eigenvalue weighted by molar-refractivity contribution is 0.0861. The van der Waals surface area contributed by atoms with Crippen molar-refractivity contribution in [3.63, 3.8) is 0 Å². The highest BCUT2D eigenvalue weighted by atomic mass is 19.1. The minimum atomic E-state index is -1.39. The summed E-state index contributed by atoms with van der Waals surface area (Å²) in [5.74, 6) is 1.66. The number of rotatable bonds is 7. The number of aliphatic imine (C=N–C) groups is 1. The van der Waals surface area contributed by atoms with Gasteiger partial charge in [0.1, 0.15) is 11.6 Å². The van der Waals surface area contributed by atoms with E-state index in [0.29, 0.717) is 17.4 Å². The average molecular weight is 390 g/mol. The van der Waals surface area contributed by atoms with Crippen molar-refractivity contribution in [2.45, 2.75) is 27.1 Å². The number of alkyl halides is 1. The fourth-order valence-electron chi connectivity index (χ4n) is 2.81. The number of hydrogen-bond donors (Lipinski definition) is 1. The molecule has 0 saturated heterocycles. The molecule has 0 aliphatic rings. The molecule has 5 nitrogen and oxygen atoms in total. The monoisotopic (exact) mass is 390 g/mol. The summed E-state index contributed by atoms with van der Waals surface area (Å²) in [6.07, 6.45) is 3.52. The van der Waals surface area contributed by atoms with Crippen molar-refractivity contribution in [3.8, 4) is 5.75 Å². The summed E-state index contributed by atoms with van der Waals surface area (Å²) in [5, 5.41) is 4.21. The zero-order chi connectivity index (χ0) is 20.8. The van der Waals surface area contributed by atoms with Gasteiger partial charge in [-0.25, -0.2) is 14.4 Å². The van der Waals surface area contributed by atoms with Gasteiger partial charge >= 0.3 is 0 Å². The minimum absolute atomic E-state index is 0.439. The molecule has 0 fully saturated rings. The molecule has 0 saturated carbocycles. The Hall–Kier alpha value is -3.54. The Morgan fingerprint density at radius 2 is 2.03 bits per heavy atom. The van der Waals surface area contributed by atoms with E-state index in [4.69, 9.17) is 14.7 Å². The number of aromatic nitrogens is 2. The van der Waals surface area contributed by atoms with E-state index < -0.39 is 6.36 Å². The maximum absolute atomic E-state index is 13.2. The molecule has 0 radical (unpaired) electrons. The number of halogens is 1. The molecule has 1 heterocycles. The van der Waals surface area contributed by atoms with Crippen LogP contribution in [-0.4, -0.2) is 22.5 Å². The topological polar surface area (TPSA) is 59.4 Å². The standard InChI is InChI=1S/C23H23FN4O/c1-5-12-25-14-16(3)22-27-21-15(2)8-6-11-20(21)23(28-22)26-18-9-7-10-19(13-18)29-17(4)24/h5-14,17H,1H2,2-4H3,(H,26,27,28)/b16-14+,25-12-. The molecule has 1 aromatic heterocycles. The molecule has 1 unspecified atom stereocenters. The summed E-state index contributed by atoms with van der Waals surface area (Å²) in [6.45, 7) is 8.87. The predicted molar refractivity (Wildman–Crippen MR) is 118 cm³/mol. The van der Waals surface area contributed by atoms with Gasteiger partial charge in [-0.05, 0) is 37.6 Å². The lowest BCUT2D eigenvalue weighted by Crippen LogP contribution is -2.04. The third-order valence-corrected chi connectivity index (χ3v) is 4.14. The normalized spacial score (nSPS) is 12.9.